The van der Waals surface area contributed by atoms with Crippen LogP contribution >= 0.6 is 11.6 Å². The van der Waals surface area contributed by atoms with E-state index in [4.69, 9.17) is 21.4 Å². The average molecular weight is 177 g/mol. The SMILES string of the molecule is COc1cc(O)c(F)cc1Cl. The van der Waals surface area contributed by atoms with Gasteiger partial charge in [-0.05, 0) is 0 Å². The van der Waals surface area contributed by atoms with Gasteiger partial charge in [-0.3, -0.25) is 0 Å². The summed E-state index contributed by atoms with van der Waals surface area (Å²) in [5, 5.41) is 8.98. The van der Waals surface area contributed by atoms with Crippen LogP contribution < -0.4 is 4.74 Å². The van der Waals surface area contributed by atoms with Gasteiger partial charge in [-0.15, -0.1) is 0 Å². The van der Waals surface area contributed by atoms with Crippen LogP contribution in [0.3, 0.4) is 0 Å². The van der Waals surface area contributed by atoms with Crippen LogP contribution in [-0.2, 0) is 0 Å². The zero-order valence-corrected chi connectivity index (χ0v) is 6.52. The number of rotatable bonds is 1. The minimum atomic E-state index is -0.754. The van der Waals surface area contributed by atoms with Crippen LogP contribution in [0, 0.1) is 5.82 Å². The molecule has 4 heteroatoms. The van der Waals surface area contributed by atoms with Gasteiger partial charge in [-0.1, -0.05) is 11.6 Å². The van der Waals surface area contributed by atoms with Crippen molar-refractivity contribution in [2.45, 2.75) is 0 Å². The third-order valence-corrected chi connectivity index (χ3v) is 1.52. The standard InChI is InChI=1S/C7H6ClFO2/c1-11-7-3-6(10)5(9)2-4(7)8/h2-3,10H,1H3. The number of hydrogen-bond donors (Lipinski definition) is 1. The van der Waals surface area contributed by atoms with Gasteiger partial charge in [0.05, 0.1) is 12.1 Å². The van der Waals surface area contributed by atoms with Crippen LogP contribution in [0.2, 0.25) is 5.02 Å². The first kappa shape index (κ1) is 8.14. The van der Waals surface area contributed by atoms with E-state index < -0.39 is 11.6 Å². The third kappa shape index (κ3) is 1.54. The van der Waals surface area contributed by atoms with Crippen LogP contribution in [0.1, 0.15) is 0 Å². The minimum Gasteiger partial charge on any atom is -0.505 e. The number of aromatic hydroxyl groups is 1. The maximum Gasteiger partial charge on any atom is 0.166 e. The summed E-state index contributed by atoms with van der Waals surface area (Å²) in [7, 11) is 1.39. The lowest BCUT2D eigenvalue weighted by molar-refractivity contribution is 0.397. The highest BCUT2D eigenvalue weighted by Gasteiger charge is 2.06. The van der Waals surface area contributed by atoms with Crippen molar-refractivity contribution in [3.63, 3.8) is 0 Å². The number of hydrogen-bond acceptors (Lipinski definition) is 2. The number of methoxy groups -OCH3 is 1. The predicted molar refractivity (Wildman–Crippen MR) is 39.6 cm³/mol. The van der Waals surface area contributed by atoms with E-state index in [-0.39, 0.29) is 10.8 Å². The smallest absolute Gasteiger partial charge is 0.166 e. The van der Waals surface area contributed by atoms with Crippen molar-refractivity contribution in [3.05, 3.63) is 23.0 Å². The van der Waals surface area contributed by atoms with Crippen molar-refractivity contribution in [2.24, 2.45) is 0 Å². The zero-order chi connectivity index (χ0) is 8.43. The van der Waals surface area contributed by atoms with Gasteiger partial charge in [0, 0.05) is 12.1 Å². The van der Waals surface area contributed by atoms with Gasteiger partial charge in [0.2, 0.25) is 0 Å². The molecule has 0 aromatic heterocycles. The lowest BCUT2D eigenvalue weighted by Gasteiger charge is -2.02. The van der Waals surface area contributed by atoms with E-state index in [2.05, 4.69) is 0 Å². The maximum atomic E-state index is 12.5. The highest BCUT2D eigenvalue weighted by molar-refractivity contribution is 6.32. The van der Waals surface area contributed by atoms with Crippen LogP contribution in [0.15, 0.2) is 12.1 Å². The molecule has 0 fully saturated rings. The molecule has 11 heavy (non-hydrogen) atoms. The molecule has 0 aliphatic rings. The van der Waals surface area contributed by atoms with E-state index in [1.54, 1.807) is 0 Å². The summed E-state index contributed by atoms with van der Waals surface area (Å²) in [5.74, 6) is -0.965. The first-order valence-electron chi connectivity index (χ1n) is 2.87. The summed E-state index contributed by atoms with van der Waals surface area (Å²) in [6.45, 7) is 0. The molecule has 2 nitrogen and oxygen atoms in total. The van der Waals surface area contributed by atoms with Crippen LogP contribution in [-0.4, -0.2) is 12.2 Å². The maximum absolute atomic E-state index is 12.5. The minimum absolute atomic E-state index is 0.141. The Balaban J connectivity index is 3.21. The molecule has 0 bridgehead atoms. The molecule has 0 heterocycles. The molecule has 0 saturated heterocycles. The van der Waals surface area contributed by atoms with Crippen molar-refractivity contribution in [2.75, 3.05) is 7.11 Å². The summed E-state index contributed by atoms with van der Waals surface area (Å²) in [4.78, 5) is 0. The fourth-order valence-corrected chi connectivity index (χ4v) is 0.902. The molecule has 1 N–H and O–H groups in total. The normalized spacial score (nSPS) is 9.73. The fourth-order valence-electron chi connectivity index (χ4n) is 0.675. The molecule has 1 rings (SSSR count). The second-order valence-corrected chi connectivity index (χ2v) is 2.35. The van der Waals surface area contributed by atoms with Crippen LogP contribution in [0.4, 0.5) is 4.39 Å². The van der Waals surface area contributed by atoms with Gasteiger partial charge in [0.1, 0.15) is 5.75 Å². The second kappa shape index (κ2) is 2.96. The lowest BCUT2D eigenvalue weighted by Crippen LogP contribution is -1.85. The number of phenolic OH excluding ortho intramolecular Hbond substituents is 1. The van der Waals surface area contributed by atoms with E-state index >= 15 is 0 Å². The van der Waals surface area contributed by atoms with Gasteiger partial charge in [-0.2, -0.15) is 0 Å². The van der Waals surface area contributed by atoms with Crippen molar-refractivity contribution >= 4 is 11.6 Å². The first-order valence-corrected chi connectivity index (χ1v) is 3.25. The fraction of sp³-hybridized carbons (Fsp3) is 0.143. The molecule has 0 radical (unpaired) electrons. The van der Waals surface area contributed by atoms with Crippen molar-refractivity contribution in [1.29, 1.82) is 0 Å². The largest absolute Gasteiger partial charge is 0.505 e. The molecular formula is C7H6ClFO2. The van der Waals surface area contributed by atoms with Crippen LogP contribution in [0.25, 0.3) is 0 Å². The molecule has 0 spiro atoms. The quantitative estimate of drug-likeness (QED) is 0.711. The van der Waals surface area contributed by atoms with Crippen LogP contribution in [0.5, 0.6) is 11.5 Å². The van der Waals surface area contributed by atoms with Gasteiger partial charge >= 0.3 is 0 Å². The molecule has 0 unspecified atom stereocenters. The molecule has 0 atom stereocenters. The summed E-state index contributed by atoms with van der Waals surface area (Å²) >= 11 is 5.53. The van der Waals surface area contributed by atoms with E-state index in [9.17, 15) is 4.39 Å². The number of phenols is 1. The summed E-state index contributed by atoms with van der Waals surface area (Å²) < 4.78 is 17.2. The number of ether oxygens (including phenoxy) is 1. The second-order valence-electron chi connectivity index (χ2n) is 1.94. The Hall–Kier alpha value is -0.960. The third-order valence-electron chi connectivity index (χ3n) is 1.22. The molecular weight excluding hydrogens is 171 g/mol. The Morgan fingerprint density at radius 1 is 1.55 bits per heavy atom. The molecule has 60 valence electrons. The Kier molecular flexibility index (Phi) is 2.19. The van der Waals surface area contributed by atoms with E-state index in [1.165, 1.54) is 7.11 Å². The summed E-state index contributed by atoms with van der Waals surface area (Å²) in [6, 6.07) is 2.12. The molecule has 0 aliphatic carbocycles. The van der Waals surface area contributed by atoms with Gasteiger partial charge in [0.15, 0.2) is 11.6 Å². The molecule has 0 aliphatic heterocycles. The Bertz CT molecular complexity index is 275. The summed E-state index contributed by atoms with van der Waals surface area (Å²) in [5.41, 5.74) is 0. The topological polar surface area (TPSA) is 29.5 Å². The highest BCUT2D eigenvalue weighted by Crippen LogP contribution is 2.30. The Morgan fingerprint density at radius 2 is 2.18 bits per heavy atom. The zero-order valence-electron chi connectivity index (χ0n) is 5.77. The predicted octanol–water partition coefficient (Wildman–Crippen LogP) is 2.19. The molecule has 0 amide bonds. The van der Waals surface area contributed by atoms with Gasteiger partial charge in [-0.25, -0.2) is 4.39 Å². The summed E-state index contributed by atoms with van der Waals surface area (Å²) in [6.07, 6.45) is 0. The highest BCUT2D eigenvalue weighted by atomic mass is 35.5. The van der Waals surface area contributed by atoms with Gasteiger partial charge in [0.25, 0.3) is 0 Å². The Morgan fingerprint density at radius 3 is 2.73 bits per heavy atom. The van der Waals surface area contributed by atoms with Crippen molar-refractivity contribution in [3.8, 4) is 11.5 Å². The van der Waals surface area contributed by atoms with E-state index in [0.717, 1.165) is 12.1 Å². The molecule has 1 aromatic rings. The molecule has 0 saturated carbocycles. The Labute approximate surface area is 68.2 Å². The first-order chi connectivity index (χ1) is 5.15. The van der Waals surface area contributed by atoms with E-state index in [0.29, 0.717) is 0 Å². The van der Waals surface area contributed by atoms with Crippen molar-refractivity contribution < 1.29 is 14.2 Å². The van der Waals surface area contributed by atoms with Gasteiger partial charge < -0.3 is 9.84 Å². The average Bonchev–Trinajstić information content (AvgIpc) is 1.97. The monoisotopic (exact) mass is 176 g/mol. The number of benzene rings is 1. The molecule has 1 aromatic carbocycles. The lowest BCUT2D eigenvalue weighted by atomic mass is 10.3. The number of halogens is 2. The van der Waals surface area contributed by atoms with Crippen molar-refractivity contribution in [1.82, 2.24) is 0 Å². The van der Waals surface area contributed by atoms with E-state index in [1.807, 2.05) is 0 Å².